The number of amides is 1. The van der Waals surface area contributed by atoms with Crippen molar-refractivity contribution < 1.29 is 53.0 Å². The number of esters is 2. The van der Waals surface area contributed by atoms with E-state index in [1.54, 1.807) is 0 Å². The molecule has 1 amide bonds. The maximum absolute atomic E-state index is 12.6. The maximum atomic E-state index is 12.6. The van der Waals surface area contributed by atoms with Crippen molar-refractivity contribution in [1.29, 1.82) is 0 Å². The number of hydrogen-bond donors (Lipinski definition) is 3. The Kier molecular flexibility index (Phi) is 11.2. The number of carbonyl (C=O) groups excluding carboxylic acids is 3. The number of aliphatic hydroxyl groups excluding tert-OH is 2. The van der Waals surface area contributed by atoms with Crippen LogP contribution in [0.5, 0.6) is 0 Å². The number of hydrogen-bond acceptors (Lipinski definition) is 13. The minimum Gasteiger partial charge on any atom is -0.463 e. The first-order valence-electron chi connectivity index (χ1n) is 10.6. The van der Waals surface area contributed by atoms with Crippen LogP contribution in [0.15, 0.2) is 17.1 Å². The summed E-state index contributed by atoms with van der Waals surface area (Å²) in [5.41, 5.74) is -0.830. The van der Waals surface area contributed by atoms with Crippen molar-refractivity contribution in [3.63, 3.8) is 0 Å². The van der Waals surface area contributed by atoms with Crippen LogP contribution in [-0.2, 0) is 42.8 Å². The number of aliphatic hydroxyl groups is 2. The van der Waals surface area contributed by atoms with E-state index >= 15 is 0 Å². The second kappa shape index (κ2) is 13.8. The molecule has 1 aliphatic heterocycles. The third-order valence-corrected chi connectivity index (χ3v) is 4.45. The van der Waals surface area contributed by atoms with E-state index in [1.165, 1.54) is 33.0 Å². The monoisotopic (exact) mass is 505 g/mol. The average molecular weight is 505 g/mol. The van der Waals surface area contributed by atoms with Gasteiger partial charge in [-0.15, -0.1) is 0 Å². The predicted octanol–water partition coefficient (Wildman–Crippen LogP) is -1.72. The molecule has 0 aliphatic carbocycles. The summed E-state index contributed by atoms with van der Waals surface area (Å²) < 4.78 is 32.7. The van der Waals surface area contributed by atoms with Crippen LogP contribution in [0.2, 0.25) is 0 Å². The second-order valence-corrected chi connectivity index (χ2v) is 7.23. The Morgan fingerprint density at radius 2 is 1.71 bits per heavy atom. The van der Waals surface area contributed by atoms with Gasteiger partial charge in [-0.25, -0.2) is 4.79 Å². The SMILES string of the molecule is CC(=O)[15NH]c1ccn([C@@H]2O[C@H](CO)[C@@H](O)[C@H]2OC(OCCOC(C)=O)OCCOC(C)=O)c(=O)[15n]1. The molecule has 0 spiro atoms. The number of nitrogens with zero attached hydrogens (tertiary/aromatic N) is 2. The zero-order chi connectivity index (χ0) is 26.0. The topological polar surface area (TPSA) is 194 Å². The second-order valence-electron chi connectivity index (χ2n) is 7.23. The molecule has 0 unspecified atom stereocenters. The van der Waals surface area contributed by atoms with Crippen LogP contribution in [0.25, 0.3) is 0 Å². The minimum atomic E-state index is -1.47. The van der Waals surface area contributed by atoms with E-state index in [0.717, 1.165) is 4.57 Å². The molecule has 15 nitrogen and oxygen atoms in total. The lowest BCUT2D eigenvalue weighted by Gasteiger charge is -2.27. The summed E-state index contributed by atoms with van der Waals surface area (Å²) in [7, 11) is 0. The first-order valence-corrected chi connectivity index (χ1v) is 10.6. The molecule has 2 rings (SSSR count). The van der Waals surface area contributed by atoms with Gasteiger partial charge in [-0.05, 0) is 6.07 Å². The number of ether oxygens (including phenoxy) is 6. The molecule has 3 N–H and O–H groups in total. The van der Waals surface area contributed by atoms with Crippen molar-refractivity contribution in [3.05, 3.63) is 22.7 Å². The molecule has 196 valence electrons. The van der Waals surface area contributed by atoms with Crippen molar-refractivity contribution in [2.75, 3.05) is 38.4 Å². The summed E-state index contributed by atoms with van der Waals surface area (Å²) in [4.78, 5) is 49.4. The fourth-order valence-corrected chi connectivity index (χ4v) is 3.01. The van der Waals surface area contributed by atoms with Crippen molar-refractivity contribution >= 4 is 23.7 Å². The van der Waals surface area contributed by atoms with Gasteiger partial charge in [0.2, 0.25) is 5.91 Å². The molecule has 1 saturated heterocycles. The number of rotatable bonds is 13. The number of nitrogens with one attached hydrogen (secondary N) is 1. The van der Waals surface area contributed by atoms with Gasteiger partial charge in [0.25, 0.3) is 6.48 Å². The minimum absolute atomic E-state index is 0.00829. The van der Waals surface area contributed by atoms with Crippen LogP contribution in [0.4, 0.5) is 5.82 Å². The van der Waals surface area contributed by atoms with Crippen molar-refractivity contribution in [1.82, 2.24) is 9.55 Å². The molecule has 0 radical (unpaired) electrons. The molecule has 0 aromatic carbocycles. The quantitative estimate of drug-likeness (QED) is 0.119. The average Bonchev–Trinajstić information content (AvgIpc) is 3.08. The van der Waals surface area contributed by atoms with Crippen LogP contribution >= 0.6 is 0 Å². The van der Waals surface area contributed by atoms with E-state index in [1.807, 2.05) is 0 Å². The zero-order valence-corrected chi connectivity index (χ0v) is 19.4. The first-order chi connectivity index (χ1) is 16.6. The van der Waals surface area contributed by atoms with Gasteiger partial charge in [-0.2, -0.15) is 4.98 Å². The van der Waals surface area contributed by atoms with Gasteiger partial charge in [-0.1, -0.05) is 0 Å². The molecule has 2 heterocycles. The van der Waals surface area contributed by atoms with Gasteiger partial charge in [-0.3, -0.25) is 19.0 Å². The largest absolute Gasteiger partial charge is 0.463 e. The summed E-state index contributed by atoms with van der Waals surface area (Å²) in [6, 6.07) is 1.34. The molecule has 1 aromatic rings. The lowest BCUT2D eigenvalue weighted by molar-refractivity contribution is -0.321. The van der Waals surface area contributed by atoms with E-state index in [0.29, 0.717) is 0 Å². The highest BCUT2D eigenvalue weighted by atomic mass is 16.9. The van der Waals surface area contributed by atoms with Crippen LogP contribution < -0.4 is 11.0 Å². The van der Waals surface area contributed by atoms with Gasteiger partial charge in [0.15, 0.2) is 6.23 Å². The summed E-state index contributed by atoms with van der Waals surface area (Å²) in [5.74, 6) is -1.47. The van der Waals surface area contributed by atoms with Gasteiger partial charge in [0.05, 0.1) is 19.8 Å². The van der Waals surface area contributed by atoms with Crippen molar-refractivity contribution in [2.24, 2.45) is 0 Å². The van der Waals surface area contributed by atoms with E-state index in [-0.39, 0.29) is 32.2 Å². The highest BCUT2D eigenvalue weighted by Crippen LogP contribution is 2.32. The summed E-state index contributed by atoms with van der Waals surface area (Å²) in [5, 5.41) is 22.6. The molecule has 4 atom stereocenters. The van der Waals surface area contributed by atoms with E-state index in [9.17, 15) is 29.4 Å². The normalized spacial score (nSPS) is 21.7. The lowest BCUT2D eigenvalue weighted by atomic mass is 10.1. The molecule has 35 heavy (non-hydrogen) atoms. The highest BCUT2D eigenvalue weighted by molar-refractivity contribution is 5.87. The fourth-order valence-electron chi connectivity index (χ4n) is 3.01. The van der Waals surface area contributed by atoms with Gasteiger partial charge in [0, 0.05) is 27.0 Å². The van der Waals surface area contributed by atoms with E-state index in [4.69, 9.17) is 28.4 Å². The third-order valence-electron chi connectivity index (χ3n) is 4.45. The van der Waals surface area contributed by atoms with Crippen molar-refractivity contribution in [2.45, 2.75) is 51.8 Å². The maximum Gasteiger partial charge on any atom is 0.351 e. The van der Waals surface area contributed by atoms with Crippen LogP contribution in [0.1, 0.15) is 27.0 Å². The predicted molar refractivity (Wildman–Crippen MR) is 114 cm³/mol. The molecular formula is C20H29N3O12. The highest BCUT2D eigenvalue weighted by Gasteiger charge is 2.47. The van der Waals surface area contributed by atoms with Crippen molar-refractivity contribution in [3.8, 4) is 0 Å². The number of anilines is 1. The number of carbonyl (C=O) groups is 3. The Morgan fingerprint density at radius 1 is 1.11 bits per heavy atom. The molecule has 1 aromatic heterocycles. The molecule has 1 fully saturated rings. The molecule has 0 bridgehead atoms. The Labute approximate surface area is 199 Å². The van der Waals surface area contributed by atoms with Crippen LogP contribution in [0.3, 0.4) is 0 Å². The Hall–Kier alpha value is -2.95. The third kappa shape index (κ3) is 8.97. The molecule has 0 saturated carbocycles. The Morgan fingerprint density at radius 3 is 2.20 bits per heavy atom. The van der Waals surface area contributed by atoms with E-state index < -0.39 is 61.2 Å². The lowest BCUT2D eigenvalue weighted by Crippen LogP contribution is -2.42. The van der Waals surface area contributed by atoms with Gasteiger partial charge < -0.3 is 44.0 Å². The van der Waals surface area contributed by atoms with Crippen LogP contribution in [-0.4, -0.2) is 95.4 Å². The smallest absolute Gasteiger partial charge is 0.351 e. The zero-order valence-electron chi connectivity index (χ0n) is 19.4. The first kappa shape index (κ1) is 28.3. The Balaban J connectivity index is 2.18. The number of aromatic nitrogens is 2. The molecule has 1 aliphatic rings. The Bertz CT molecular complexity index is 901. The fraction of sp³-hybridized carbons (Fsp3) is 0.650. The van der Waals surface area contributed by atoms with Crippen LogP contribution in [0, 0.1) is 0 Å². The summed E-state index contributed by atoms with van der Waals surface area (Å²) >= 11 is 0. The van der Waals surface area contributed by atoms with Gasteiger partial charge in [0.1, 0.15) is 37.3 Å². The standard InChI is InChI=1S/C20H29N3O12/c1-11(25)21-15-4-5-23(19(29)22-15)18-17(16(28)14(10-24)34-18)35-20(32-8-6-30-12(2)26)33-9-7-31-13(3)27/h4-5,14,16-18,20,24,28H,6-10H2,1-3H3,(H,21,22,25,29)/t14-,16-,17-,18-/m1/s1/i21+1,22+1. The van der Waals surface area contributed by atoms with Gasteiger partial charge >= 0.3 is 17.6 Å². The molecular weight excluding hydrogens is 476 g/mol. The summed E-state index contributed by atoms with van der Waals surface area (Å²) in [6.45, 7) is 1.09. The summed E-state index contributed by atoms with van der Waals surface area (Å²) in [6.07, 6.45) is -3.80. The molecule has 15 heteroatoms. The van der Waals surface area contributed by atoms with E-state index in [2.05, 4.69) is 10.3 Å².